The first-order valence-corrected chi connectivity index (χ1v) is 7.27. The zero-order valence-corrected chi connectivity index (χ0v) is 13.3. The molecule has 0 spiro atoms. The number of carbonyl (C=O) groups is 2. The highest BCUT2D eigenvalue weighted by atomic mass is 16.5. The summed E-state index contributed by atoms with van der Waals surface area (Å²) in [5.74, 6) is -2.80. The zero-order chi connectivity index (χ0) is 18.2. The summed E-state index contributed by atoms with van der Waals surface area (Å²) in [6.07, 6.45) is 0. The summed E-state index contributed by atoms with van der Waals surface area (Å²) in [4.78, 5) is 24.1. The lowest BCUT2D eigenvalue weighted by Gasteiger charge is -2.11. The SMILES string of the molecule is COC(=O)/C(=N/NC(=O)c1ccccc1O)C(C#N)c1ccccc1. The van der Waals surface area contributed by atoms with Crippen molar-refractivity contribution < 1.29 is 19.4 Å². The Balaban J connectivity index is 2.33. The van der Waals surface area contributed by atoms with Gasteiger partial charge in [-0.05, 0) is 17.7 Å². The molecular formula is C18H15N3O4. The number of hydrazone groups is 1. The van der Waals surface area contributed by atoms with Gasteiger partial charge in [-0.1, -0.05) is 42.5 Å². The molecule has 0 aliphatic carbocycles. The minimum absolute atomic E-state index is 0.0105. The quantitative estimate of drug-likeness (QED) is 0.492. The summed E-state index contributed by atoms with van der Waals surface area (Å²) in [5.41, 5.74) is 2.44. The van der Waals surface area contributed by atoms with Crippen molar-refractivity contribution >= 4 is 17.6 Å². The Bertz CT molecular complexity index is 841. The first-order valence-electron chi connectivity index (χ1n) is 7.27. The molecule has 2 N–H and O–H groups in total. The number of amides is 1. The number of hydrogen-bond acceptors (Lipinski definition) is 6. The topological polar surface area (TPSA) is 112 Å². The van der Waals surface area contributed by atoms with Crippen molar-refractivity contribution in [2.45, 2.75) is 5.92 Å². The predicted octanol–water partition coefficient (Wildman–Crippen LogP) is 1.96. The monoisotopic (exact) mass is 337 g/mol. The van der Waals surface area contributed by atoms with Crippen LogP contribution in [0.15, 0.2) is 59.7 Å². The van der Waals surface area contributed by atoms with E-state index in [9.17, 15) is 20.0 Å². The molecule has 1 unspecified atom stereocenters. The fourth-order valence-corrected chi connectivity index (χ4v) is 2.11. The van der Waals surface area contributed by atoms with Gasteiger partial charge in [0.2, 0.25) is 0 Å². The number of benzene rings is 2. The van der Waals surface area contributed by atoms with Gasteiger partial charge in [0.15, 0.2) is 5.71 Å². The van der Waals surface area contributed by atoms with Crippen LogP contribution in [0, 0.1) is 11.3 Å². The maximum Gasteiger partial charge on any atom is 0.355 e. The number of hydrogen-bond donors (Lipinski definition) is 2. The molecule has 0 fully saturated rings. The highest BCUT2D eigenvalue weighted by molar-refractivity contribution is 6.39. The van der Waals surface area contributed by atoms with E-state index in [2.05, 4.69) is 15.3 Å². The van der Waals surface area contributed by atoms with Gasteiger partial charge in [0.1, 0.15) is 11.7 Å². The second-order valence-corrected chi connectivity index (χ2v) is 4.92. The van der Waals surface area contributed by atoms with E-state index in [4.69, 9.17) is 0 Å². The van der Waals surface area contributed by atoms with Crippen LogP contribution < -0.4 is 5.43 Å². The minimum Gasteiger partial charge on any atom is -0.507 e. The standard InChI is InChI=1S/C18H15N3O4/c1-25-18(24)16(14(11-19)12-7-3-2-4-8-12)20-21-17(23)13-9-5-6-10-15(13)22/h2-10,14,22H,1H3,(H,21,23)/b20-16+. The van der Waals surface area contributed by atoms with Gasteiger partial charge in [-0.3, -0.25) is 4.79 Å². The number of methoxy groups -OCH3 is 1. The Labute approximate surface area is 144 Å². The number of nitriles is 1. The normalized spacial score (nSPS) is 11.9. The van der Waals surface area contributed by atoms with E-state index in [1.54, 1.807) is 42.5 Å². The number of aromatic hydroxyl groups is 1. The Hall–Kier alpha value is -3.66. The van der Waals surface area contributed by atoms with Crippen LogP contribution in [0.2, 0.25) is 0 Å². The van der Waals surface area contributed by atoms with Crippen LogP contribution in [0.5, 0.6) is 5.75 Å². The second-order valence-electron chi connectivity index (χ2n) is 4.92. The van der Waals surface area contributed by atoms with E-state index in [0.717, 1.165) is 7.11 Å². The Kier molecular flexibility index (Phi) is 5.85. The molecule has 0 saturated carbocycles. The summed E-state index contributed by atoms with van der Waals surface area (Å²) in [7, 11) is 1.15. The van der Waals surface area contributed by atoms with E-state index in [1.807, 2.05) is 6.07 Å². The molecule has 7 heteroatoms. The maximum absolute atomic E-state index is 12.1. The number of rotatable bonds is 5. The maximum atomic E-state index is 12.1. The average molecular weight is 337 g/mol. The van der Waals surface area contributed by atoms with Crippen molar-refractivity contribution in [2.24, 2.45) is 5.10 Å². The number of carbonyl (C=O) groups excluding carboxylic acids is 2. The van der Waals surface area contributed by atoms with Crippen LogP contribution in [0.1, 0.15) is 21.8 Å². The Morgan fingerprint density at radius 3 is 2.40 bits per heavy atom. The second kappa shape index (κ2) is 8.26. The van der Waals surface area contributed by atoms with E-state index in [0.29, 0.717) is 5.56 Å². The van der Waals surface area contributed by atoms with Crippen molar-refractivity contribution in [3.63, 3.8) is 0 Å². The molecule has 25 heavy (non-hydrogen) atoms. The number of phenolic OH excluding ortho intramolecular Hbond substituents is 1. The number of para-hydroxylation sites is 1. The van der Waals surface area contributed by atoms with Crippen LogP contribution in [0.25, 0.3) is 0 Å². The number of nitrogens with zero attached hydrogens (tertiary/aromatic N) is 2. The molecule has 0 saturated heterocycles. The van der Waals surface area contributed by atoms with Crippen LogP contribution in [-0.4, -0.2) is 29.8 Å². The lowest BCUT2D eigenvalue weighted by atomic mass is 9.95. The minimum atomic E-state index is -1.02. The number of nitrogens with one attached hydrogen (secondary N) is 1. The van der Waals surface area contributed by atoms with Crippen molar-refractivity contribution in [3.8, 4) is 11.8 Å². The first kappa shape index (κ1) is 17.7. The summed E-state index contributed by atoms with van der Waals surface area (Å²) in [5, 5.41) is 22.9. The van der Waals surface area contributed by atoms with Gasteiger partial charge in [-0.15, -0.1) is 0 Å². The molecule has 0 aliphatic rings. The first-order chi connectivity index (χ1) is 12.1. The van der Waals surface area contributed by atoms with E-state index in [-0.39, 0.29) is 17.0 Å². The largest absolute Gasteiger partial charge is 0.507 e. The number of esters is 1. The van der Waals surface area contributed by atoms with Crippen LogP contribution in [-0.2, 0) is 9.53 Å². The van der Waals surface area contributed by atoms with Gasteiger partial charge in [0.25, 0.3) is 5.91 Å². The van der Waals surface area contributed by atoms with Crippen molar-refractivity contribution in [1.82, 2.24) is 5.43 Å². The van der Waals surface area contributed by atoms with Gasteiger partial charge in [-0.25, -0.2) is 10.2 Å². The third-order valence-electron chi connectivity index (χ3n) is 3.36. The zero-order valence-electron chi connectivity index (χ0n) is 13.3. The summed E-state index contributed by atoms with van der Waals surface area (Å²) < 4.78 is 4.66. The van der Waals surface area contributed by atoms with Gasteiger partial charge in [0, 0.05) is 0 Å². The van der Waals surface area contributed by atoms with Crippen LogP contribution >= 0.6 is 0 Å². The molecular weight excluding hydrogens is 322 g/mol. The predicted molar refractivity (Wildman–Crippen MR) is 89.8 cm³/mol. The molecule has 0 radical (unpaired) electrons. The van der Waals surface area contributed by atoms with Crippen LogP contribution in [0.3, 0.4) is 0 Å². The lowest BCUT2D eigenvalue weighted by Crippen LogP contribution is -2.28. The Morgan fingerprint density at radius 1 is 1.16 bits per heavy atom. The molecule has 0 aliphatic heterocycles. The van der Waals surface area contributed by atoms with Crippen molar-refractivity contribution in [3.05, 3.63) is 65.7 Å². The van der Waals surface area contributed by atoms with Gasteiger partial charge < -0.3 is 9.84 Å². The fraction of sp³-hybridized carbons (Fsp3) is 0.111. The number of ether oxygens (including phenoxy) is 1. The molecule has 7 nitrogen and oxygen atoms in total. The van der Waals surface area contributed by atoms with E-state index in [1.165, 1.54) is 12.1 Å². The van der Waals surface area contributed by atoms with E-state index < -0.39 is 17.8 Å². The highest BCUT2D eigenvalue weighted by Gasteiger charge is 2.26. The van der Waals surface area contributed by atoms with E-state index >= 15 is 0 Å². The molecule has 2 aromatic rings. The molecule has 126 valence electrons. The Morgan fingerprint density at radius 2 is 1.80 bits per heavy atom. The van der Waals surface area contributed by atoms with Gasteiger partial charge in [0.05, 0.1) is 18.7 Å². The molecule has 2 rings (SSSR count). The summed E-state index contributed by atoms with van der Waals surface area (Å²) in [6, 6.07) is 16.4. The summed E-state index contributed by atoms with van der Waals surface area (Å²) >= 11 is 0. The lowest BCUT2D eigenvalue weighted by molar-refractivity contribution is -0.132. The third kappa shape index (κ3) is 4.20. The summed E-state index contributed by atoms with van der Waals surface area (Å²) in [6.45, 7) is 0. The molecule has 0 heterocycles. The molecule has 1 amide bonds. The van der Waals surface area contributed by atoms with Crippen molar-refractivity contribution in [2.75, 3.05) is 7.11 Å². The molecule has 1 atom stereocenters. The molecule has 2 aromatic carbocycles. The van der Waals surface area contributed by atoms with Crippen molar-refractivity contribution in [1.29, 1.82) is 5.26 Å². The smallest absolute Gasteiger partial charge is 0.355 e. The fourth-order valence-electron chi connectivity index (χ4n) is 2.11. The number of phenols is 1. The van der Waals surface area contributed by atoms with Crippen LogP contribution in [0.4, 0.5) is 0 Å². The average Bonchev–Trinajstić information content (AvgIpc) is 2.65. The third-order valence-corrected chi connectivity index (χ3v) is 3.36. The van der Waals surface area contributed by atoms with Gasteiger partial charge in [-0.2, -0.15) is 10.4 Å². The van der Waals surface area contributed by atoms with Gasteiger partial charge >= 0.3 is 5.97 Å². The molecule has 0 aromatic heterocycles. The highest BCUT2D eigenvalue weighted by Crippen LogP contribution is 2.18. The molecule has 0 bridgehead atoms.